The average molecular weight is 687 g/mol. The molecular weight excluding hydrogens is 651 g/mol. The highest BCUT2D eigenvalue weighted by Gasteiger charge is 2.55. The van der Waals surface area contributed by atoms with Crippen molar-refractivity contribution in [3.05, 3.63) is 69.7 Å². The first kappa shape index (κ1) is 31.4. The Morgan fingerprint density at radius 2 is 1.82 bits per heavy atom. The van der Waals surface area contributed by atoms with Crippen LogP contribution in [0.2, 0.25) is 0 Å². The largest absolute Gasteiger partial charge is 0.573 e. The molecule has 7 rings (SSSR count). The van der Waals surface area contributed by atoms with E-state index in [9.17, 15) is 22.8 Å². The second-order valence-electron chi connectivity index (χ2n) is 12.2. The number of pyridine rings is 1. The molecule has 1 aliphatic heterocycles. The Balaban J connectivity index is 1.45. The molecule has 238 valence electrons. The van der Waals surface area contributed by atoms with Crippen LogP contribution < -0.4 is 15.0 Å². The number of hydrogen-bond donors (Lipinski definition) is 1. The number of nitrogens with zero attached hydrogens (tertiary/aromatic N) is 2. The van der Waals surface area contributed by atoms with Crippen LogP contribution in [0.4, 0.5) is 19.0 Å². The third kappa shape index (κ3) is 5.91. The third-order valence-corrected chi connectivity index (χ3v) is 9.87. The van der Waals surface area contributed by atoms with Crippen molar-refractivity contribution in [3.63, 3.8) is 0 Å². The van der Waals surface area contributed by atoms with Gasteiger partial charge >= 0.3 is 12.3 Å². The minimum atomic E-state index is -4.93. The molecule has 1 amide bonds. The molecule has 2 fully saturated rings. The van der Waals surface area contributed by atoms with Gasteiger partial charge in [0.2, 0.25) is 0 Å². The van der Waals surface area contributed by atoms with Gasteiger partial charge in [0.15, 0.2) is 0 Å². The van der Waals surface area contributed by atoms with Crippen molar-refractivity contribution in [2.75, 3.05) is 24.6 Å². The first-order valence-corrected chi connectivity index (χ1v) is 16.2. The van der Waals surface area contributed by atoms with Crippen LogP contribution in [0.25, 0.3) is 16.5 Å². The molecule has 3 aromatic rings. The number of rotatable bonds is 9. The van der Waals surface area contributed by atoms with Gasteiger partial charge in [0.05, 0.1) is 28.6 Å². The number of ether oxygens (including phenoxy) is 2. The zero-order valence-corrected chi connectivity index (χ0v) is 26.8. The fraction of sp³-hybridized carbons (Fsp3) is 0.441. The molecule has 3 aliphatic carbocycles. The Kier molecular flexibility index (Phi) is 8.34. The molecule has 1 N–H and O–H groups in total. The number of hydrogen-bond acceptors (Lipinski definition) is 6. The normalized spacial score (nSPS) is 22.5. The van der Waals surface area contributed by atoms with E-state index in [-0.39, 0.29) is 29.8 Å². The smallest absolute Gasteiger partial charge is 0.465 e. The van der Waals surface area contributed by atoms with Crippen LogP contribution >= 0.6 is 15.9 Å². The quantitative estimate of drug-likeness (QED) is 0.182. The van der Waals surface area contributed by atoms with E-state index in [1.807, 2.05) is 32.0 Å². The molecular formula is C34H35BrF3N3O4. The molecule has 0 spiro atoms. The van der Waals surface area contributed by atoms with Gasteiger partial charge in [0, 0.05) is 34.1 Å². The number of aromatic nitrogens is 1. The number of halogens is 4. The standard InChI is InChI=1S/C34H35BrF3N3O4/c1-3-4-18-44-31(43)32-12-14-33(15-13-32,25(20-32)23-8-5-6-9-27(23)45-34(36,37)38)40-30(42)28-21(2)29(41-16-7-17-41)39-26-11-10-22(35)19-24(26)28/h5-6,8-11,19-20H,3-4,7,12-18H2,1-2H3,(H,40,42). The summed E-state index contributed by atoms with van der Waals surface area (Å²) in [6.45, 7) is 5.86. The zero-order valence-electron chi connectivity index (χ0n) is 25.2. The van der Waals surface area contributed by atoms with Gasteiger partial charge in [-0.25, -0.2) is 4.98 Å². The number of alkyl halides is 3. The van der Waals surface area contributed by atoms with Gasteiger partial charge in [0.1, 0.15) is 11.6 Å². The Bertz CT molecular complexity index is 1680. The highest BCUT2D eigenvalue weighted by molar-refractivity contribution is 9.10. The zero-order chi connectivity index (χ0) is 32.0. The fourth-order valence-electron chi connectivity index (χ4n) is 6.82. The van der Waals surface area contributed by atoms with Crippen LogP contribution in [0.15, 0.2) is 53.0 Å². The molecule has 0 radical (unpaired) electrons. The number of carbonyl (C=O) groups is 2. The SMILES string of the molecule is CCCCOC(=O)C12C=C(c3ccccc3OC(F)(F)F)C(NC(=O)c3c(C)c(N4CCC4)nc4ccc(Br)cc34)(CC1)CC2. The number of anilines is 1. The number of amides is 1. The average Bonchev–Trinajstić information content (AvgIpc) is 2.97. The highest BCUT2D eigenvalue weighted by Crippen LogP contribution is 2.56. The molecule has 1 saturated heterocycles. The summed E-state index contributed by atoms with van der Waals surface area (Å²) in [4.78, 5) is 35.0. The minimum Gasteiger partial charge on any atom is -0.465 e. The lowest BCUT2D eigenvalue weighted by Gasteiger charge is -2.51. The van der Waals surface area contributed by atoms with Crippen molar-refractivity contribution in [2.24, 2.45) is 5.41 Å². The molecule has 2 heterocycles. The first-order valence-electron chi connectivity index (χ1n) is 15.4. The van der Waals surface area contributed by atoms with Crippen LogP contribution in [-0.2, 0) is 9.53 Å². The molecule has 0 atom stereocenters. The van der Waals surface area contributed by atoms with Crippen LogP contribution in [0.3, 0.4) is 0 Å². The van der Waals surface area contributed by atoms with Crippen LogP contribution in [0.5, 0.6) is 5.75 Å². The summed E-state index contributed by atoms with van der Waals surface area (Å²) in [5, 5.41) is 3.95. The van der Waals surface area contributed by atoms with E-state index in [0.29, 0.717) is 47.7 Å². The topological polar surface area (TPSA) is 80.8 Å². The monoisotopic (exact) mass is 685 g/mol. The molecule has 1 aromatic heterocycles. The Morgan fingerprint density at radius 3 is 2.49 bits per heavy atom. The number of benzene rings is 2. The van der Waals surface area contributed by atoms with Gasteiger partial charge in [-0.05, 0) is 75.3 Å². The number of carbonyl (C=O) groups excluding carboxylic acids is 2. The summed E-state index contributed by atoms with van der Waals surface area (Å²) in [6.07, 6.45) is 0.901. The Hall–Kier alpha value is -3.60. The maximum absolute atomic E-state index is 14.5. The van der Waals surface area contributed by atoms with Crippen LogP contribution in [-0.4, -0.2) is 48.5 Å². The van der Waals surface area contributed by atoms with Crippen molar-refractivity contribution in [3.8, 4) is 5.75 Å². The molecule has 45 heavy (non-hydrogen) atoms. The van der Waals surface area contributed by atoms with Crippen molar-refractivity contribution in [1.29, 1.82) is 0 Å². The summed E-state index contributed by atoms with van der Waals surface area (Å²) in [5.74, 6) is -0.372. The first-order chi connectivity index (χ1) is 21.5. The van der Waals surface area contributed by atoms with Gasteiger partial charge < -0.3 is 19.7 Å². The number of nitrogens with one attached hydrogen (secondary N) is 1. The van der Waals surface area contributed by atoms with Crippen LogP contribution in [0, 0.1) is 12.3 Å². The minimum absolute atomic E-state index is 0.181. The summed E-state index contributed by atoms with van der Waals surface area (Å²) < 4.78 is 51.5. The van der Waals surface area contributed by atoms with E-state index in [0.717, 1.165) is 48.2 Å². The van der Waals surface area contributed by atoms with E-state index in [4.69, 9.17) is 9.72 Å². The predicted octanol–water partition coefficient (Wildman–Crippen LogP) is 7.88. The Labute approximate surface area is 268 Å². The Morgan fingerprint density at radius 1 is 1.09 bits per heavy atom. The molecule has 0 unspecified atom stereocenters. The number of esters is 1. The second kappa shape index (κ2) is 12.0. The van der Waals surface area contributed by atoms with Crippen molar-refractivity contribution in [1.82, 2.24) is 10.3 Å². The number of fused-ring (bicyclic) bond motifs is 3. The van der Waals surface area contributed by atoms with E-state index >= 15 is 0 Å². The third-order valence-electron chi connectivity index (χ3n) is 9.37. The van der Waals surface area contributed by atoms with Crippen LogP contribution in [0.1, 0.15) is 73.4 Å². The molecule has 7 nitrogen and oxygen atoms in total. The maximum Gasteiger partial charge on any atom is 0.573 e. The molecule has 4 aliphatic rings. The van der Waals surface area contributed by atoms with Gasteiger partial charge in [0.25, 0.3) is 5.91 Å². The van der Waals surface area contributed by atoms with Gasteiger partial charge in [-0.15, -0.1) is 13.2 Å². The summed E-state index contributed by atoms with van der Waals surface area (Å²) >= 11 is 3.53. The number of para-hydroxylation sites is 1. The van der Waals surface area contributed by atoms with Gasteiger partial charge in [-0.1, -0.05) is 53.5 Å². The number of unbranched alkanes of at least 4 members (excludes halogenated alkanes) is 1. The van der Waals surface area contributed by atoms with E-state index < -0.39 is 17.3 Å². The lowest BCUT2D eigenvalue weighted by atomic mass is 9.57. The van der Waals surface area contributed by atoms with Crippen molar-refractivity contribution < 1.29 is 32.2 Å². The van der Waals surface area contributed by atoms with Gasteiger partial charge in [-0.2, -0.15) is 0 Å². The van der Waals surface area contributed by atoms with E-state index in [2.05, 4.69) is 30.9 Å². The second-order valence-corrected chi connectivity index (χ2v) is 13.1. The van der Waals surface area contributed by atoms with Crippen molar-refractivity contribution in [2.45, 2.75) is 70.7 Å². The maximum atomic E-state index is 14.5. The van der Waals surface area contributed by atoms with E-state index in [1.165, 1.54) is 12.1 Å². The van der Waals surface area contributed by atoms with Gasteiger partial charge in [-0.3, -0.25) is 9.59 Å². The summed E-state index contributed by atoms with van der Waals surface area (Å²) in [5.41, 5.74) is 0.448. The predicted molar refractivity (Wildman–Crippen MR) is 169 cm³/mol. The molecule has 2 bridgehead atoms. The van der Waals surface area contributed by atoms with Crippen molar-refractivity contribution >= 4 is 50.1 Å². The lowest BCUT2D eigenvalue weighted by Crippen LogP contribution is -2.57. The van der Waals surface area contributed by atoms with E-state index in [1.54, 1.807) is 18.2 Å². The highest BCUT2D eigenvalue weighted by atomic mass is 79.9. The fourth-order valence-corrected chi connectivity index (χ4v) is 7.18. The molecule has 11 heteroatoms. The lowest BCUT2D eigenvalue weighted by molar-refractivity contribution is -0.274. The molecule has 2 aromatic carbocycles. The molecule has 1 saturated carbocycles. The summed E-state index contributed by atoms with van der Waals surface area (Å²) in [7, 11) is 0. The summed E-state index contributed by atoms with van der Waals surface area (Å²) in [6, 6.07) is 11.5.